The molecule has 1 atom stereocenters. The first-order valence-electron chi connectivity index (χ1n) is 6.62. The van der Waals surface area contributed by atoms with Crippen molar-refractivity contribution >= 4 is 21.1 Å². The van der Waals surface area contributed by atoms with Gasteiger partial charge in [-0.2, -0.15) is 0 Å². The van der Waals surface area contributed by atoms with E-state index < -0.39 is 21.9 Å². The van der Waals surface area contributed by atoms with Gasteiger partial charge in [-0.25, -0.2) is 17.9 Å². The molecule has 0 fully saturated rings. The molecule has 0 spiro atoms. The van der Waals surface area contributed by atoms with Gasteiger partial charge in [-0.05, 0) is 25.0 Å². The maximum Gasteiger partial charge on any atom is 0.419 e. The van der Waals surface area contributed by atoms with Gasteiger partial charge in [0.2, 0.25) is 10.0 Å². The molecule has 116 valence electrons. The smallest absolute Gasteiger partial charge is 0.408 e. The van der Waals surface area contributed by atoms with Crippen LogP contribution in [-0.2, 0) is 17.1 Å². The van der Waals surface area contributed by atoms with Gasteiger partial charge in [-0.15, -0.1) is 0 Å². The molecule has 1 aromatic carbocycles. The van der Waals surface area contributed by atoms with Crippen LogP contribution in [0.2, 0.25) is 0 Å². The summed E-state index contributed by atoms with van der Waals surface area (Å²) in [5.41, 5.74) is 0.749. The fourth-order valence-electron chi connectivity index (χ4n) is 1.93. The van der Waals surface area contributed by atoms with Crippen LogP contribution in [0, 0.1) is 0 Å². The maximum absolute atomic E-state index is 12.1. The third kappa shape index (κ3) is 3.34. The summed E-state index contributed by atoms with van der Waals surface area (Å²) in [6.07, 6.45) is 0.392. The first-order chi connectivity index (χ1) is 9.85. The molecule has 1 aromatic heterocycles. The zero-order valence-corrected chi connectivity index (χ0v) is 12.7. The van der Waals surface area contributed by atoms with E-state index in [-0.39, 0.29) is 17.0 Å². The molecule has 0 aliphatic rings. The minimum Gasteiger partial charge on any atom is -0.408 e. The Labute approximate surface area is 122 Å². The second-order valence-corrected chi connectivity index (χ2v) is 6.57. The van der Waals surface area contributed by atoms with E-state index in [4.69, 9.17) is 4.42 Å². The molecule has 0 saturated carbocycles. The second-order valence-electron chi connectivity index (χ2n) is 4.81. The molecule has 0 saturated heterocycles. The number of hydrogen-bond acceptors (Lipinski definition) is 5. The molecule has 1 unspecified atom stereocenters. The SMILES string of the molecule is CCC(O)CCNS(=O)(=O)c1ccc2c(c1)oc(=O)n2C. The van der Waals surface area contributed by atoms with Gasteiger partial charge >= 0.3 is 5.76 Å². The van der Waals surface area contributed by atoms with Gasteiger partial charge in [0.25, 0.3) is 0 Å². The maximum atomic E-state index is 12.1. The molecule has 0 amide bonds. The van der Waals surface area contributed by atoms with Crippen molar-refractivity contribution in [3.63, 3.8) is 0 Å². The minimum absolute atomic E-state index is 0.0235. The van der Waals surface area contributed by atoms with E-state index >= 15 is 0 Å². The Morgan fingerprint density at radius 1 is 1.43 bits per heavy atom. The van der Waals surface area contributed by atoms with Crippen LogP contribution in [0.4, 0.5) is 0 Å². The van der Waals surface area contributed by atoms with Crippen molar-refractivity contribution in [2.24, 2.45) is 7.05 Å². The van der Waals surface area contributed by atoms with Crippen LogP contribution in [0.15, 0.2) is 32.3 Å². The van der Waals surface area contributed by atoms with Gasteiger partial charge in [0.05, 0.1) is 16.5 Å². The Balaban J connectivity index is 2.22. The third-order valence-corrected chi connectivity index (χ3v) is 4.77. The van der Waals surface area contributed by atoms with Crippen molar-refractivity contribution in [2.45, 2.75) is 30.8 Å². The quantitative estimate of drug-likeness (QED) is 0.811. The predicted molar refractivity (Wildman–Crippen MR) is 77.6 cm³/mol. The van der Waals surface area contributed by atoms with E-state index in [1.807, 2.05) is 6.92 Å². The monoisotopic (exact) mass is 314 g/mol. The van der Waals surface area contributed by atoms with Crippen molar-refractivity contribution in [3.05, 3.63) is 28.7 Å². The molecule has 2 N–H and O–H groups in total. The first kappa shape index (κ1) is 15.7. The molecular weight excluding hydrogens is 296 g/mol. The van der Waals surface area contributed by atoms with Crippen molar-refractivity contribution in [3.8, 4) is 0 Å². The molecule has 2 aromatic rings. The van der Waals surface area contributed by atoms with E-state index in [9.17, 15) is 18.3 Å². The molecule has 1 heterocycles. The van der Waals surface area contributed by atoms with Crippen LogP contribution in [-0.4, -0.2) is 30.7 Å². The van der Waals surface area contributed by atoms with E-state index in [2.05, 4.69) is 4.72 Å². The molecule has 0 radical (unpaired) electrons. The van der Waals surface area contributed by atoms with Crippen molar-refractivity contribution in [1.82, 2.24) is 9.29 Å². The number of rotatable bonds is 6. The molecule has 7 nitrogen and oxygen atoms in total. The lowest BCUT2D eigenvalue weighted by Crippen LogP contribution is -2.27. The highest BCUT2D eigenvalue weighted by atomic mass is 32.2. The number of benzene rings is 1. The minimum atomic E-state index is -3.69. The van der Waals surface area contributed by atoms with Gasteiger partial charge in [-0.1, -0.05) is 6.92 Å². The van der Waals surface area contributed by atoms with Gasteiger partial charge in [-0.3, -0.25) is 4.57 Å². The Bertz CT molecular complexity index is 790. The van der Waals surface area contributed by atoms with Crippen LogP contribution in [0.1, 0.15) is 19.8 Å². The molecule has 21 heavy (non-hydrogen) atoms. The third-order valence-electron chi connectivity index (χ3n) is 3.31. The number of aryl methyl sites for hydroxylation is 1. The Hall–Kier alpha value is -1.64. The number of nitrogens with one attached hydrogen (secondary N) is 1. The number of aliphatic hydroxyl groups is 1. The van der Waals surface area contributed by atoms with Crippen molar-refractivity contribution in [1.29, 1.82) is 0 Å². The predicted octanol–water partition coefficient (Wildman–Crippen LogP) is 0.571. The number of aromatic nitrogens is 1. The van der Waals surface area contributed by atoms with E-state index in [1.165, 1.54) is 22.8 Å². The lowest BCUT2D eigenvalue weighted by Gasteiger charge is -2.09. The summed E-state index contributed by atoms with van der Waals surface area (Å²) in [4.78, 5) is 11.4. The number of hydrogen-bond donors (Lipinski definition) is 2. The molecule has 0 aliphatic heterocycles. The van der Waals surface area contributed by atoms with Crippen LogP contribution in [0.25, 0.3) is 11.1 Å². The number of nitrogens with zero attached hydrogens (tertiary/aromatic N) is 1. The van der Waals surface area contributed by atoms with Crippen molar-refractivity contribution < 1.29 is 17.9 Å². The highest BCUT2D eigenvalue weighted by molar-refractivity contribution is 7.89. The number of sulfonamides is 1. The van der Waals surface area contributed by atoms with E-state index in [1.54, 1.807) is 7.05 Å². The number of aliphatic hydroxyl groups excluding tert-OH is 1. The average molecular weight is 314 g/mol. The summed E-state index contributed by atoms with van der Waals surface area (Å²) < 4.78 is 32.9. The standard InChI is InChI=1S/C13H18N2O5S/c1-3-9(16)6-7-14-21(18,19)10-4-5-11-12(8-10)20-13(17)15(11)2/h4-5,8-9,14,16H,3,6-7H2,1-2H3. The topological polar surface area (TPSA) is 102 Å². The van der Waals surface area contributed by atoms with Gasteiger partial charge in [0, 0.05) is 19.7 Å². The van der Waals surface area contributed by atoms with E-state index in [0.717, 1.165) is 0 Å². The van der Waals surface area contributed by atoms with Gasteiger partial charge in [0.15, 0.2) is 5.58 Å². The largest absolute Gasteiger partial charge is 0.419 e. The molecule has 8 heteroatoms. The normalized spacial score (nSPS) is 13.7. The fraction of sp³-hybridized carbons (Fsp3) is 0.462. The summed E-state index contributed by atoms with van der Waals surface area (Å²) in [7, 11) is -2.14. The van der Waals surface area contributed by atoms with Crippen LogP contribution >= 0.6 is 0 Å². The molecule has 0 bridgehead atoms. The summed E-state index contributed by atoms with van der Waals surface area (Å²) >= 11 is 0. The first-order valence-corrected chi connectivity index (χ1v) is 8.10. The summed E-state index contributed by atoms with van der Waals surface area (Å²) in [5, 5.41) is 9.41. The lowest BCUT2D eigenvalue weighted by atomic mass is 10.2. The summed E-state index contributed by atoms with van der Waals surface area (Å²) in [6, 6.07) is 4.25. The Morgan fingerprint density at radius 3 is 2.81 bits per heavy atom. The molecule has 2 rings (SSSR count). The number of fused-ring (bicyclic) bond motifs is 1. The van der Waals surface area contributed by atoms with Gasteiger partial charge in [0.1, 0.15) is 0 Å². The summed E-state index contributed by atoms with van der Waals surface area (Å²) in [5.74, 6) is -0.543. The Kier molecular flexibility index (Phi) is 4.50. The van der Waals surface area contributed by atoms with E-state index in [0.29, 0.717) is 18.4 Å². The lowest BCUT2D eigenvalue weighted by molar-refractivity contribution is 0.162. The molecular formula is C13H18N2O5S. The zero-order valence-electron chi connectivity index (χ0n) is 11.9. The number of oxazole rings is 1. The van der Waals surface area contributed by atoms with Crippen molar-refractivity contribution in [2.75, 3.05) is 6.54 Å². The van der Waals surface area contributed by atoms with Crippen LogP contribution in [0.5, 0.6) is 0 Å². The Morgan fingerprint density at radius 2 is 2.14 bits per heavy atom. The highest BCUT2D eigenvalue weighted by Gasteiger charge is 2.16. The zero-order chi connectivity index (χ0) is 15.6. The van der Waals surface area contributed by atoms with Gasteiger partial charge < -0.3 is 9.52 Å². The summed E-state index contributed by atoms with van der Waals surface area (Å²) in [6.45, 7) is 1.97. The molecule has 0 aliphatic carbocycles. The van der Waals surface area contributed by atoms with Crippen LogP contribution in [0.3, 0.4) is 0 Å². The average Bonchev–Trinajstić information content (AvgIpc) is 2.73. The van der Waals surface area contributed by atoms with Crippen LogP contribution < -0.4 is 10.5 Å². The fourth-order valence-corrected chi connectivity index (χ4v) is 2.99. The second kappa shape index (κ2) is 6.00. The highest BCUT2D eigenvalue weighted by Crippen LogP contribution is 2.17.